The summed E-state index contributed by atoms with van der Waals surface area (Å²) in [6.45, 7) is 5.43. The molecule has 7 heteroatoms. The van der Waals surface area contributed by atoms with Crippen molar-refractivity contribution in [3.8, 4) is 0 Å². The van der Waals surface area contributed by atoms with E-state index in [0.717, 1.165) is 44.5 Å². The van der Waals surface area contributed by atoms with Crippen LogP contribution in [-0.4, -0.2) is 46.8 Å². The third kappa shape index (κ3) is 4.48. The molecule has 0 radical (unpaired) electrons. The smallest absolute Gasteiger partial charge is 0.150 e. The van der Waals surface area contributed by atoms with Crippen molar-refractivity contribution < 1.29 is 13.5 Å². The van der Waals surface area contributed by atoms with Gasteiger partial charge in [-0.1, -0.05) is 31.2 Å². The number of sulfone groups is 1. The molecular weight excluding hydrogens is 338 g/mol. The summed E-state index contributed by atoms with van der Waals surface area (Å²) >= 11 is 0. The number of aliphatic hydroxyl groups excluding tert-OH is 1. The highest BCUT2D eigenvalue weighted by Gasteiger charge is 2.23. The number of aromatic nitrogens is 2. The topological polar surface area (TPSA) is 75.4 Å². The van der Waals surface area contributed by atoms with Crippen molar-refractivity contribution >= 4 is 9.84 Å². The van der Waals surface area contributed by atoms with Gasteiger partial charge < -0.3 is 5.11 Å². The molecule has 0 amide bonds. The van der Waals surface area contributed by atoms with Crippen molar-refractivity contribution in [1.29, 1.82) is 0 Å². The molecule has 0 spiro atoms. The third-order valence-corrected chi connectivity index (χ3v) is 5.51. The highest BCUT2D eigenvalue weighted by molar-refractivity contribution is 7.90. The molecule has 0 saturated carbocycles. The minimum atomic E-state index is -3.24. The van der Waals surface area contributed by atoms with E-state index in [1.807, 2.05) is 10.7 Å². The lowest BCUT2D eigenvalue weighted by Crippen LogP contribution is -2.33. The zero-order valence-electron chi connectivity index (χ0n) is 14.7. The Hall–Kier alpha value is -1.70. The van der Waals surface area contributed by atoms with Crippen molar-refractivity contribution in [2.24, 2.45) is 0 Å². The molecule has 1 N–H and O–H groups in total. The van der Waals surface area contributed by atoms with E-state index in [4.69, 9.17) is 0 Å². The lowest BCUT2D eigenvalue weighted by atomic mass is 10.0. The van der Waals surface area contributed by atoms with Crippen molar-refractivity contribution in [1.82, 2.24) is 14.7 Å². The number of hydrogen-bond donors (Lipinski definition) is 1. The fraction of sp³-hybridized carbons (Fsp3) is 0.500. The summed E-state index contributed by atoms with van der Waals surface area (Å²) < 4.78 is 24.6. The number of aryl methyl sites for hydroxylation is 1. The molecule has 1 aromatic heterocycles. The number of hydrogen-bond acceptors (Lipinski definition) is 5. The number of rotatable bonds is 6. The van der Waals surface area contributed by atoms with E-state index >= 15 is 0 Å². The highest BCUT2D eigenvalue weighted by atomic mass is 32.2. The molecule has 0 unspecified atom stereocenters. The van der Waals surface area contributed by atoms with Crippen LogP contribution in [0.1, 0.15) is 35.5 Å². The van der Waals surface area contributed by atoms with E-state index in [1.54, 1.807) is 0 Å². The van der Waals surface area contributed by atoms with Crippen LogP contribution in [0, 0.1) is 0 Å². The summed E-state index contributed by atoms with van der Waals surface area (Å²) in [5.74, 6) is -0.295. The van der Waals surface area contributed by atoms with Gasteiger partial charge in [-0.3, -0.25) is 9.58 Å². The molecule has 3 rings (SSSR count). The summed E-state index contributed by atoms with van der Waals surface area (Å²) in [6.07, 6.45) is 1.07. The maximum atomic E-state index is 11.4. The second kappa shape index (κ2) is 7.27. The molecule has 2 aromatic rings. The fourth-order valence-electron chi connectivity index (χ4n) is 3.31. The van der Waals surface area contributed by atoms with Crippen molar-refractivity contribution in [3.63, 3.8) is 0 Å². The van der Waals surface area contributed by atoms with Gasteiger partial charge in [0.15, 0.2) is 0 Å². The first-order chi connectivity index (χ1) is 11.9. The Morgan fingerprint density at radius 2 is 1.96 bits per heavy atom. The SMILES string of the molecule is CCc1ccccc1CN1CCn2nc([C@H](O)CS(C)(=O)=O)cc2C1. The monoisotopic (exact) mass is 363 g/mol. The molecule has 1 aliphatic heterocycles. The Morgan fingerprint density at radius 3 is 2.64 bits per heavy atom. The van der Waals surface area contributed by atoms with Crippen LogP contribution in [0.3, 0.4) is 0 Å². The molecule has 0 aliphatic carbocycles. The zero-order chi connectivity index (χ0) is 18.0. The van der Waals surface area contributed by atoms with Gasteiger partial charge in [-0.25, -0.2) is 8.42 Å². The molecule has 0 bridgehead atoms. The first-order valence-corrected chi connectivity index (χ1v) is 10.6. The van der Waals surface area contributed by atoms with Gasteiger partial charge >= 0.3 is 0 Å². The summed E-state index contributed by atoms with van der Waals surface area (Å²) in [4.78, 5) is 2.36. The minimum absolute atomic E-state index is 0.295. The zero-order valence-corrected chi connectivity index (χ0v) is 15.5. The van der Waals surface area contributed by atoms with Gasteiger partial charge in [-0.2, -0.15) is 5.10 Å². The van der Waals surface area contributed by atoms with Crippen LogP contribution in [0.15, 0.2) is 30.3 Å². The molecule has 6 nitrogen and oxygen atoms in total. The second-order valence-electron chi connectivity index (χ2n) is 6.72. The van der Waals surface area contributed by atoms with Crippen LogP contribution < -0.4 is 0 Å². The van der Waals surface area contributed by atoms with E-state index in [2.05, 4.69) is 41.2 Å². The highest BCUT2D eigenvalue weighted by Crippen LogP contribution is 2.21. The Balaban J connectivity index is 1.71. The summed E-state index contributed by atoms with van der Waals surface area (Å²) in [5.41, 5.74) is 4.17. The molecule has 1 aliphatic rings. The number of nitrogens with zero attached hydrogens (tertiary/aromatic N) is 3. The summed E-state index contributed by atoms with van der Waals surface area (Å²) in [6, 6.07) is 10.3. The largest absolute Gasteiger partial charge is 0.386 e. The minimum Gasteiger partial charge on any atom is -0.386 e. The van der Waals surface area contributed by atoms with Crippen LogP contribution in [0.4, 0.5) is 0 Å². The molecule has 1 aromatic carbocycles. The quantitative estimate of drug-likeness (QED) is 0.843. The normalized spacial score (nSPS) is 16.6. The van der Waals surface area contributed by atoms with Gasteiger partial charge in [-0.05, 0) is 23.6 Å². The summed E-state index contributed by atoms with van der Waals surface area (Å²) in [7, 11) is -3.24. The number of aliphatic hydroxyl groups is 1. The maximum absolute atomic E-state index is 11.4. The van der Waals surface area contributed by atoms with E-state index in [9.17, 15) is 13.5 Å². The molecular formula is C18H25N3O3S. The van der Waals surface area contributed by atoms with Gasteiger partial charge in [-0.15, -0.1) is 0 Å². The lowest BCUT2D eigenvalue weighted by Gasteiger charge is -2.28. The second-order valence-corrected chi connectivity index (χ2v) is 8.91. The van der Waals surface area contributed by atoms with Crippen LogP contribution >= 0.6 is 0 Å². The number of fused-ring (bicyclic) bond motifs is 1. The van der Waals surface area contributed by atoms with E-state index in [-0.39, 0.29) is 5.75 Å². The standard InChI is InChI=1S/C18H25N3O3S/c1-3-14-6-4-5-7-15(14)11-20-8-9-21-16(12-20)10-17(19-21)18(22)13-25(2,23)24/h4-7,10,18,22H,3,8-9,11-13H2,1-2H3/t18-/m1/s1. The van der Waals surface area contributed by atoms with Gasteiger partial charge in [0.25, 0.3) is 0 Å². The molecule has 0 saturated heterocycles. The average molecular weight is 363 g/mol. The summed E-state index contributed by atoms with van der Waals surface area (Å²) in [5, 5.41) is 14.5. The fourth-order valence-corrected chi connectivity index (χ4v) is 4.05. The molecule has 0 fully saturated rings. The van der Waals surface area contributed by atoms with Gasteiger partial charge in [0.2, 0.25) is 0 Å². The average Bonchev–Trinajstić information content (AvgIpc) is 2.97. The van der Waals surface area contributed by atoms with E-state index < -0.39 is 15.9 Å². The first kappa shape index (κ1) is 18.1. The molecule has 136 valence electrons. The van der Waals surface area contributed by atoms with Crippen molar-refractivity contribution in [2.45, 2.75) is 39.1 Å². The van der Waals surface area contributed by atoms with Gasteiger partial charge in [0.1, 0.15) is 15.9 Å². The Morgan fingerprint density at radius 1 is 1.24 bits per heavy atom. The van der Waals surface area contributed by atoms with Crippen LogP contribution in [-0.2, 0) is 35.9 Å². The molecule has 1 atom stereocenters. The van der Waals surface area contributed by atoms with Gasteiger partial charge in [0.05, 0.1) is 23.7 Å². The van der Waals surface area contributed by atoms with Crippen LogP contribution in [0.5, 0.6) is 0 Å². The van der Waals surface area contributed by atoms with Crippen molar-refractivity contribution in [3.05, 3.63) is 52.8 Å². The van der Waals surface area contributed by atoms with E-state index in [0.29, 0.717) is 5.69 Å². The molecule has 25 heavy (non-hydrogen) atoms. The Kier molecular flexibility index (Phi) is 5.27. The maximum Gasteiger partial charge on any atom is 0.150 e. The third-order valence-electron chi connectivity index (χ3n) is 4.59. The predicted molar refractivity (Wildman–Crippen MR) is 96.8 cm³/mol. The Bertz CT molecular complexity index is 845. The lowest BCUT2D eigenvalue weighted by molar-refractivity contribution is 0.191. The van der Waals surface area contributed by atoms with Gasteiger partial charge in [0, 0.05) is 25.9 Å². The first-order valence-electron chi connectivity index (χ1n) is 8.57. The number of benzene rings is 1. The Labute approximate surface area is 149 Å². The van der Waals surface area contributed by atoms with Crippen LogP contribution in [0.2, 0.25) is 0 Å². The predicted octanol–water partition coefficient (Wildman–Crippen LogP) is 1.54. The molecule has 2 heterocycles. The van der Waals surface area contributed by atoms with Crippen molar-refractivity contribution in [2.75, 3.05) is 18.6 Å². The van der Waals surface area contributed by atoms with Crippen LogP contribution in [0.25, 0.3) is 0 Å². The van der Waals surface area contributed by atoms with E-state index in [1.165, 1.54) is 11.1 Å².